The number of ether oxygens (including phenoxy) is 1. The molecule has 1 aliphatic rings. The van der Waals surface area contributed by atoms with Gasteiger partial charge in [0.25, 0.3) is 0 Å². The highest BCUT2D eigenvalue weighted by Crippen LogP contribution is 2.38. The first-order valence-corrected chi connectivity index (χ1v) is 5.91. The summed E-state index contributed by atoms with van der Waals surface area (Å²) in [6.07, 6.45) is 4.00. The van der Waals surface area contributed by atoms with E-state index in [1.54, 1.807) is 7.11 Å². The second kappa shape index (κ2) is 5.13. The molecule has 14 heavy (non-hydrogen) atoms. The van der Waals surface area contributed by atoms with Gasteiger partial charge < -0.3 is 4.74 Å². The van der Waals surface area contributed by atoms with Gasteiger partial charge in [-0.15, -0.1) is 0 Å². The predicted octanol–water partition coefficient (Wildman–Crippen LogP) is 2.53. The number of likely N-dealkylation sites (tertiary alicyclic amines) is 1. The van der Waals surface area contributed by atoms with Crippen molar-refractivity contribution in [2.75, 3.05) is 26.8 Å². The molecule has 0 saturated carbocycles. The van der Waals surface area contributed by atoms with E-state index in [0.717, 1.165) is 19.1 Å². The molecule has 1 unspecified atom stereocenters. The van der Waals surface area contributed by atoms with Crippen LogP contribution < -0.4 is 0 Å². The average Bonchev–Trinajstić information content (AvgIpc) is 2.58. The van der Waals surface area contributed by atoms with Crippen LogP contribution in [0.5, 0.6) is 0 Å². The SMILES string of the molecule is CCC1(C(C)C)CCCN1CCOC. The lowest BCUT2D eigenvalue weighted by atomic mass is 9.81. The van der Waals surface area contributed by atoms with Gasteiger partial charge in [-0.3, -0.25) is 4.90 Å². The first kappa shape index (κ1) is 12.0. The molecule has 1 fully saturated rings. The number of methoxy groups -OCH3 is 1. The van der Waals surface area contributed by atoms with Crippen LogP contribution in [0.3, 0.4) is 0 Å². The molecule has 0 amide bonds. The van der Waals surface area contributed by atoms with Crippen LogP contribution in [-0.2, 0) is 4.74 Å². The Kier molecular flexibility index (Phi) is 4.39. The van der Waals surface area contributed by atoms with Crippen molar-refractivity contribution in [2.24, 2.45) is 5.92 Å². The number of nitrogens with zero attached hydrogens (tertiary/aromatic N) is 1. The molecule has 1 saturated heterocycles. The summed E-state index contributed by atoms with van der Waals surface area (Å²) in [5.74, 6) is 0.756. The number of hydrogen-bond acceptors (Lipinski definition) is 2. The fraction of sp³-hybridized carbons (Fsp3) is 1.00. The molecule has 0 aliphatic carbocycles. The lowest BCUT2D eigenvalue weighted by Crippen LogP contribution is -2.48. The maximum atomic E-state index is 5.18. The van der Waals surface area contributed by atoms with Gasteiger partial charge in [-0.05, 0) is 31.7 Å². The molecule has 0 radical (unpaired) electrons. The van der Waals surface area contributed by atoms with Crippen LogP contribution in [0.25, 0.3) is 0 Å². The van der Waals surface area contributed by atoms with Crippen LogP contribution in [0.1, 0.15) is 40.0 Å². The minimum Gasteiger partial charge on any atom is -0.383 e. The summed E-state index contributed by atoms with van der Waals surface area (Å²) in [5, 5.41) is 0. The second-order valence-electron chi connectivity index (χ2n) is 4.70. The van der Waals surface area contributed by atoms with Gasteiger partial charge in [-0.25, -0.2) is 0 Å². The van der Waals surface area contributed by atoms with Crippen molar-refractivity contribution in [3.63, 3.8) is 0 Å². The molecule has 1 heterocycles. The van der Waals surface area contributed by atoms with E-state index in [1.807, 2.05) is 0 Å². The summed E-state index contributed by atoms with van der Waals surface area (Å²) in [6.45, 7) is 10.3. The largest absolute Gasteiger partial charge is 0.383 e. The summed E-state index contributed by atoms with van der Waals surface area (Å²) in [7, 11) is 1.79. The predicted molar refractivity (Wildman–Crippen MR) is 60.5 cm³/mol. The molecule has 0 aromatic carbocycles. The summed E-state index contributed by atoms with van der Waals surface area (Å²) in [6, 6.07) is 0. The molecule has 2 heteroatoms. The topological polar surface area (TPSA) is 12.5 Å². The van der Waals surface area contributed by atoms with E-state index in [2.05, 4.69) is 25.7 Å². The van der Waals surface area contributed by atoms with Crippen LogP contribution in [0, 0.1) is 5.92 Å². The maximum Gasteiger partial charge on any atom is 0.0589 e. The molecule has 0 aromatic rings. The van der Waals surface area contributed by atoms with Gasteiger partial charge in [0.1, 0.15) is 0 Å². The van der Waals surface area contributed by atoms with Crippen LogP contribution in [-0.4, -0.2) is 37.2 Å². The zero-order valence-corrected chi connectivity index (χ0v) is 10.2. The van der Waals surface area contributed by atoms with Gasteiger partial charge in [0, 0.05) is 19.2 Å². The third-order valence-corrected chi connectivity index (χ3v) is 3.92. The average molecular weight is 199 g/mol. The van der Waals surface area contributed by atoms with E-state index >= 15 is 0 Å². The smallest absolute Gasteiger partial charge is 0.0589 e. The minimum absolute atomic E-state index is 0.457. The molecule has 0 spiro atoms. The molecule has 0 aromatic heterocycles. The maximum absolute atomic E-state index is 5.18. The van der Waals surface area contributed by atoms with E-state index < -0.39 is 0 Å². The quantitative estimate of drug-likeness (QED) is 0.674. The first-order chi connectivity index (χ1) is 6.67. The first-order valence-electron chi connectivity index (χ1n) is 5.91. The molecule has 0 N–H and O–H groups in total. The molecular formula is C12H25NO. The van der Waals surface area contributed by atoms with Crippen molar-refractivity contribution in [3.8, 4) is 0 Å². The van der Waals surface area contributed by atoms with Crippen molar-refractivity contribution < 1.29 is 4.74 Å². The van der Waals surface area contributed by atoms with E-state index in [4.69, 9.17) is 4.74 Å². The fourth-order valence-electron chi connectivity index (χ4n) is 2.96. The van der Waals surface area contributed by atoms with Gasteiger partial charge >= 0.3 is 0 Å². The van der Waals surface area contributed by atoms with E-state index in [-0.39, 0.29) is 0 Å². The third-order valence-electron chi connectivity index (χ3n) is 3.92. The Morgan fingerprint density at radius 2 is 2.14 bits per heavy atom. The van der Waals surface area contributed by atoms with Gasteiger partial charge in [0.15, 0.2) is 0 Å². The summed E-state index contributed by atoms with van der Waals surface area (Å²) < 4.78 is 5.18. The minimum atomic E-state index is 0.457. The van der Waals surface area contributed by atoms with Crippen LogP contribution >= 0.6 is 0 Å². The van der Waals surface area contributed by atoms with Crippen LogP contribution in [0.2, 0.25) is 0 Å². The van der Waals surface area contributed by atoms with Gasteiger partial charge in [-0.2, -0.15) is 0 Å². The lowest BCUT2D eigenvalue weighted by molar-refractivity contribution is 0.0544. The Morgan fingerprint density at radius 1 is 1.43 bits per heavy atom. The molecule has 1 aliphatic heterocycles. The van der Waals surface area contributed by atoms with Crippen molar-refractivity contribution >= 4 is 0 Å². The Bertz CT molecular complexity index is 170. The highest BCUT2D eigenvalue weighted by Gasteiger charge is 2.41. The zero-order valence-electron chi connectivity index (χ0n) is 10.2. The molecule has 2 nitrogen and oxygen atoms in total. The number of hydrogen-bond donors (Lipinski definition) is 0. The van der Waals surface area contributed by atoms with Crippen LogP contribution in [0.15, 0.2) is 0 Å². The molecule has 84 valence electrons. The van der Waals surface area contributed by atoms with E-state index in [0.29, 0.717) is 5.54 Å². The van der Waals surface area contributed by atoms with Gasteiger partial charge in [-0.1, -0.05) is 20.8 Å². The fourth-order valence-corrected chi connectivity index (χ4v) is 2.96. The van der Waals surface area contributed by atoms with Gasteiger partial charge in [0.2, 0.25) is 0 Å². The van der Waals surface area contributed by atoms with Crippen molar-refractivity contribution in [2.45, 2.75) is 45.6 Å². The monoisotopic (exact) mass is 199 g/mol. The number of rotatable bonds is 5. The highest BCUT2D eigenvalue weighted by molar-refractivity contribution is 4.96. The Morgan fingerprint density at radius 3 is 2.64 bits per heavy atom. The van der Waals surface area contributed by atoms with E-state index in [9.17, 15) is 0 Å². The van der Waals surface area contributed by atoms with Crippen molar-refractivity contribution in [1.82, 2.24) is 4.90 Å². The molecular weight excluding hydrogens is 174 g/mol. The Hall–Kier alpha value is -0.0800. The highest BCUT2D eigenvalue weighted by atomic mass is 16.5. The normalized spacial score (nSPS) is 28.9. The summed E-state index contributed by atoms with van der Waals surface area (Å²) >= 11 is 0. The van der Waals surface area contributed by atoms with Crippen molar-refractivity contribution in [1.29, 1.82) is 0 Å². The van der Waals surface area contributed by atoms with Gasteiger partial charge in [0.05, 0.1) is 6.61 Å². The van der Waals surface area contributed by atoms with Crippen LogP contribution in [0.4, 0.5) is 0 Å². The van der Waals surface area contributed by atoms with E-state index in [1.165, 1.54) is 25.8 Å². The Labute approximate surface area is 88.6 Å². The lowest BCUT2D eigenvalue weighted by Gasteiger charge is -2.41. The van der Waals surface area contributed by atoms with Crippen molar-refractivity contribution in [3.05, 3.63) is 0 Å². The Balaban J connectivity index is 2.63. The summed E-state index contributed by atoms with van der Waals surface area (Å²) in [4.78, 5) is 2.64. The molecule has 1 atom stereocenters. The third kappa shape index (κ3) is 2.12. The standard InChI is InChI=1S/C12H25NO/c1-5-12(11(2)3)7-6-8-13(12)9-10-14-4/h11H,5-10H2,1-4H3. The summed E-state index contributed by atoms with van der Waals surface area (Å²) in [5.41, 5.74) is 0.457. The second-order valence-corrected chi connectivity index (χ2v) is 4.70. The zero-order chi connectivity index (χ0) is 10.6. The molecule has 0 bridgehead atoms. The molecule has 1 rings (SSSR count).